The summed E-state index contributed by atoms with van der Waals surface area (Å²) in [6.07, 6.45) is 3.62. The van der Waals surface area contributed by atoms with Crippen LogP contribution >= 0.6 is 22.9 Å². The van der Waals surface area contributed by atoms with Gasteiger partial charge < -0.3 is 9.80 Å². The highest BCUT2D eigenvalue weighted by Gasteiger charge is 2.20. The molecule has 22 heavy (non-hydrogen) atoms. The smallest absolute Gasteiger partial charge is 0.204 e. The molecule has 1 aliphatic rings. The van der Waals surface area contributed by atoms with E-state index in [1.54, 1.807) is 6.33 Å². The Labute approximate surface area is 137 Å². The molecule has 0 amide bonds. The Balaban J connectivity index is 1.78. The third-order valence-electron chi connectivity index (χ3n) is 3.94. The molecule has 0 unspecified atom stereocenters. The minimum atomic E-state index is 0.763. The fraction of sp³-hybridized carbons (Fsp3) is 0.357. The molecule has 0 aromatic carbocycles. The van der Waals surface area contributed by atoms with Gasteiger partial charge >= 0.3 is 0 Å². The zero-order valence-corrected chi connectivity index (χ0v) is 13.7. The van der Waals surface area contributed by atoms with Gasteiger partial charge in [0, 0.05) is 26.2 Å². The highest BCUT2D eigenvalue weighted by atomic mass is 35.5. The zero-order valence-electron chi connectivity index (χ0n) is 12.1. The Kier molecular flexibility index (Phi) is 3.48. The molecule has 1 fully saturated rings. The first-order valence-electron chi connectivity index (χ1n) is 7.10. The fourth-order valence-electron chi connectivity index (χ4n) is 2.68. The molecule has 8 heteroatoms. The first-order chi connectivity index (χ1) is 10.7. The van der Waals surface area contributed by atoms with Crippen LogP contribution in [0.5, 0.6) is 0 Å². The molecule has 0 spiro atoms. The van der Waals surface area contributed by atoms with Crippen LogP contribution in [0.2, 0.25) is 4.34 Å². The van der Waals surface area contributed by atoms with E-state index < -0.39 is 0 Å². The van der Waals surface area contributed by atoms with E-state index in [1.165, 1.54) is 11.3 Å². The largest absolute Gasteiger partial charge is 0.351 e. The summed E-state index contributed by atoms with van der Waals surface area (Å²) in [5.74, 6) is 0.900. The molecule has 3 aromatic heterocycles. The lowest BCUT2D eigenvalue weighted by molar-refractivity contribution is 0.312. The van der Waals surface area contributed by atoms with Crippen molar-refractivity contribution in [1.82, 2.24) is 24.5 Å². The van der Waals surface area contributed by atoms with Crippen molar-refractivity contribution in [2.24, 2.45) is 0 Å². The summed E-state index contributed by atoms with van der Waals surface area (Å²) in [5.41, 5.74) is 1.77. The second kappa shape index (κ2) is 5.49. The van der Waals surface area contributed by atoms with E-state index in [9.17, 15) is 0 Å². The SMILES string of the molecule is CN1CCN(c2ncc(-c3ccc(Cl)s3)n3cnnc23)CC1. The number of anilines is 1. The van der Waals surface area contributed by atoms with E-state index in [4.69, 9.17) is 11.6 Å². The van der Waals surface area contributed by atoms with Crippen LogP contribution < -0.4 is 4.90 Å². The van der Waals surface area contributed by atoms with Gasteiger partial charge in [0.05, 0.1) is 21.1 Å². The van der Waals surface area contributed by atoms with E-state index in [0.29, 0.717) is 0 Å². The molecular formula is C14H15ClN6S. The van der Waals surface area contributed by atoms with Crippen molar-refractivity contribution in [1.29, 1.82) is 0 Å². The number of piperazine rings is 1. The van der Waals surface area contributed by atoms with Crippen molar-refractivity contribution in [3.63, 3.8) is 0 Å². The first kappa shape index (κ1) is 13.9. The predicted octanol–water partition coefficient (Wildman–Crippen LogP) is 2.26. The van der Waals surface area contributed by atoms with E-state index in [-0.39, 0.29) is 0 Å². The van der Waals surface area contributed by atoms with Crippen molar-refractivity contribution < 1.29 is 0 Å². The van der Waals surface area contributed by atoms with Crippen LogP contribution in [0, 0.1) is 0 Å². The van der Waals surface area contributed by atoms with Gasteiger partial charge in [0.15, 0.2) is 5.82 Å². The first-order valence-corrected chi connectivity index (χ1v) is 8.30. The number of nitrogens with zero attached hydrogens (tertiary/aromatic N) is 6. The van der Waals surface area contributed by atoms with Crippen molar-refractivity contribution in [3.8, 4) is 10.6 Å². The van der Waals surface area contributed by atoms with Gasteiger partial charge in [-0.1, -0.05) is 11.6 Å². The highest BCUT2D eigenvalue weighted by molar-refractivity contribution is 7.19. The van der Waals surface area contributed by atoms with Crippen LogP contribution in [-0.2, 0) is 0 Å². The summed E-state index contributed by atoms with van der Waals surface area (Å²) in [6.45, 7) is 3.97. The van der Waals surface area contributed by atoms with Gasteiger partial charge in [0.2, 0.25) is 5.65 Å². The zero-order chi connectivity index (χ0) is 15.1. The molecule has 0 atom stereocenters. The average molecular weight is 335 g/mol. The number of likely N-dealkylation sites (N-methyl/N-ethyl adjacent to an activating group) is 1. The molecule has 3 aromatic rings. The summed E-state index contributed by atoms with van der Waals surface area (Å²) >= 11 is 7.58. The second-order valence-corrected chi connectivity index (χ2v) is 7.10. The Morgan fingerprint density at radius 1 is 1.18 bits per heavy atom. The number of hydrogen-bond acceptors (Lipinski definition) is 6. The van der Waals surface area contributed by atoms with Crippen LogP contribution in [0.3, 0.4) is 0 Å². The maximum absolute atomic E-state index is 6.05. The summed E-state index contributed by atoms with van der Waals surface area (Å²) in [5, 5.41) is 8.34. The van der Waals surface area contributed by atoms with Gasteiger partial charge in [-0.2, -0.15) is 0 Å². The topological polar surface area (TPSA) is 49.6 Å². The van der Waals surface area contributed by atoms with Gasteiger partial charge in [-0.25, -0.2) is 4.98 Å². The average Bonchev–Trinajstić information content (AvgIpc) is 3.16. The molecule has 0 aliphatic carbocycles. The highest BCUT2D eigenvalue weighted by Crippen LogP contribution is 2.32. The Morgan fingerprint density at radius 2 is 2.00 bits per heavy atom. The van der Waals surface area contributed by atoms with E-state index in [1.807, 2.05) is 22.7 Å². The molecule has 0 N–H and O–H groups in total. The maximum atomic E-state index is 6.05. The van der Waals surface area contributed by atoms with Gasteiger partial charge in [-0.3, -0.25) is 4.40 Å². The molecule has 114 valence electrons. The van der Waals surface area contributed by atoms with Gasteiger partial charge in [-0.15, -0.1) is 21.5 Å². The summed E-state index contributed by atoms with van der Waals surface area (Å²) < 4.78 is 2.75. The molecule has 4 heterocycles. The molecule has 0 bridgehead atoms. The van der Waals surface area contributed by atoms with Crippen LogP contribution in [0.1, 0.15) is 0 Å². The molecule has 4 rings (SSSR count). The normalized spacial score (nSPS) is 16.5. The number of thiophene rings is 1. The fourth-order valence-corrected chi connectivity index (χ4v) is 3.73. The number of aromatic nitrogens is 4. The van der Waals surface area contributed by atoms with Gasteiger partial charge in [0.25, 0.3) is 0 Å². The van der Waals surface area contributed by atoms with Crippen molar-refractivity contribution >= 4 is 34.4 Å². The monoisotopic (exact) mass is 334 g/mol. The third kappa shape index (κ3) is 2.35. The third-order valence-corrected chi connectivity index (χ3v) is 5.20. The minimum Gasteiger partial charge on any atom is -0.351 e. The number of rotatable bonds is 2. The second-order valence-electron chi connectivity index (χ2n) is 5.39. The van der Waals surface area contributed by atoms with Crippen molar-refractivity contribution in [2.45, 2.75) is 0 Å². The summed E-state index contributed by atoms with van der Waals surface area (Å²) in [7, 11) is 2.14. The number of fused-ring (bicyclic) bond motifs is 1. The summed E-state index contributed by atoms with van der Waals surface area (Å²) in [4.78, 5) is 10.3. The quantitative estimate of drug-likeness (QED) is 0.719. The molecule has 1 aliphatic heterocycles. The van der Waals surface area contributed by atoms with Crippen molar-refractivity contribution in [2.75, 3.05) is 38.1 Å². The minimum absolute atomic E-state index is 0.763. The predicted molar refractivity (Wildman–Crippen MR) is 88.8 cm³/mol. The van der Waals surface area contributed by atoms with Crippen LogP contribution in [-0.4, -0.2) is 57.7 Å². The van der Waals surface area contributed by atoms with Gasteiger partial charge in [-0.05, 0) is 19.2 Å². The standard InChI is InChI=1S/C14H15ClN6S/c1-19-4-6-20(7-5-19)13-14-18-17-9-21(14)10(8-16-13)11-2-3-12(15)22-11/h2-3,8-9H,4-7H2,1H3. The molecule has 6 nitrogen and oxygen atoms in total. The molecule has 0 radical (unpaired) electrons. The molecule has 1 saturated heterocycles. The number of halogens is 1. The Bertz CT molecular complexity index is 805. The lowest BCUT2D eigenvalue weighted by Gasteiger charge is -2.33. The Morgan fingerprint density at radius 3 is 2.73 bits per heavy atom. The lowest BCUT2D eigenvalue weighted by atomic mass is 10.3. The summed E-state index contributed by atoms with van der Waals surface area (Å²) in [6, 6.07) is 3.89. The van der Waals surface area contributed by atoms with Crippen LogP contribution in [0.25, 0.3) is 16.2 Å². The maximum Gasteiger partial charge on any atom is 0.204 e. The van der Waals surface area contributed by atoms with Crippen molar-refractivity contribution in [3.05, 3.63) is 29.0 Å². The molecular weight excluding hydrogens is 320 g/mol. The van der Waals surface area contributed by atoms with E-state index in [2.05, 4.69) is 32.0 Å². The van der Waals surface area contributed by atoms with Crippen LogP contribution in [0.15, 0.2) is 24.7 Å². The number of hydrogen-bond donors (Lipinski definition) is 0. The van der Waals surface area contributed by atoms with Gasteiger partial charge in [0.1, 0.15) is 6.33 Å². The Hall–Kier alpha value is -1.70. The van der Waals surface area contributed by atoms with Crippen LogP contribution in [0.4, 0.5) is 5.82 Å². The van der Waals surface area contributed by atoms with E-state index >= 15 is 0 Å². The molecule has 0 saturated carbocycles. The lowest BCUT2D eigenvalue weighted by Crippen LogP contribution is -2.45. The van der Waals surface area contributed by atoms with E-state index in [0.717, 1.165) is 52.6 Å².